The van der Waals surface area contributed by atoms with Gasteiger partial charge in [-0.2, -0.15) is 13.2 Å². The summed E-state index contributed by atoms with van der Waals surface area (Å²) >= 11 is 0. The summed E-state index contributed by atoms with van der Waals surface area (Å²) < 4.78 is 42.4. The molecule has 0 atom stereocenters. The van der Waals surface area contributed by atoms with Crippen molar-refractivity contribution in [2.75, 3.05) is 13.2 Å². The topological polar surface area (TPSA) is 21.3 Å². The molecule has 1 aromatic rings. The maximum atomic E-state index is 12.3. The highest BCUT2D eigenvalue weighted by Crippen LogP contribution is 2.30. The quantitative estimate of drug-likeness (QED) is 0.827. The Balaban J connectivity index is 1.71. The normalized spacial score (nSPS) is 16.8. The third kappa shape index (κ3) is 4.42. The Morgan fingerprint density at radius 3 is 2.32 bits per heavy atom. The average molecular weight is 273 g/mol. The largest absolute Gasteiger partial charge is 0.492 e. The van der Waals surface area contributed by atoms with Gasteiger partial charge in [0.1, 0.15) is 12.4 Å². The molecule has 2 nitrogen and oxygen atoms in total. The van der Waals surface area contributed by atoms with Gasteiger partial charge in [-0.15, -0.1) is 0 Å². The highest BCUT2D eigenvalue weighted by molar-refractivity contribution is 5.28. The van der Waals surface area contributed by atoms with Crippen LogP contribution < -0.4 is 10.1 Å². The van der Waals surface area contributed by atoms with E-state index in [1.165, 1.54) is 37.8 Å². The van der Waals surface area contributed by atoms with E-state index in [-0.39, 0.29) is 0 Å². The molecule has 1 aromatic carbocycles. The molecule has 2 rings (SSSR count). The summed E-state index contributed by atoms with van der Waals surface area (Å²) in [4.78, 5) is 0. The van der Waals surface area contributed by atoms with Gasteiger partial charge in [0.15, 0.2) is 0 Å². The molecule has 1 saturated carbocycles. The van der Waals surface area contributed by atoms with Gasteiger partial charge in [-0.25, -0.2) is 0 Å². The Morgan fingerprint density at radius 1 is 1.11 bits per heavy atom. The summed E-state index contributed by atoms with van der Waals surface area (Å²) in [6.07, 6.45) is 0.679. The second-order valence-corrected chi connectivity index (χ2v) is 4.81. The summed E-state index contributed by atoms with van der Waals surface area (Å²) in [7, 11) is 0. The van der Waals surface area contributed by atoms with E-state index < -0.39 is 11.7 Å². The summed E-state index contributed by atoms with van der Waals surface area (Å²) in [5.41, 5.74) is -0.649. The molecule has 0 amide bonds. The van der Waals surface area contributed by atoms with Gasteiger partial charge in [-0.3, -0.25) is 0 Å². The minimum absolute atomic E-state index is 0.473. The fourth-order valence-electron chi connectivity index (χ4n) is 2.30. The Hall–Kier alpha value is -1.23. The molecule has 5 heteroatoms. The van der Waals surface area contributed by atoms with Crippen LogP contribution in [0.1, 0.15) is 31.2 Å². The Morgan fingerprint density at radius 2 is 1.74 bits per heavy atom. The van der Waals surface area contributed by atoms with Crippen molar-refractivity contribution in [2.24, 2.45) is 0 Å². The maximum Gasteiger partial charge on any atom is 0.416 e. The molecule has 1 aliphatic rings. The minimum Gasteiger partial charge on any atom is -0.492 e. The molecule has 19 heavy (non-hydrogen) atoms. The van der Waals surface area contributed by atoms with Gasteiger partial charge in [-0.05, 0) is 37.1 Å². The first kappa shape index (κ1) is 14.2. The van der Waals surface area contributed by atoms with E-state index in [1.54, 1.807) is 0 Å². The highest BCUT2D eigenvalue weighted by Gasteiger charge is 2.29. The molecule has 0 unspecified atom stereocenters. The predicted molar refractivity (Wildman–Crippen MR) is 67.2 cm³/mol. The highest BCUT2D eigenvalue weighted by atomic mass is 19.4. The lowest BCUT2D eigenvalue weighted by atomic mass is 10.2. The van der Waals surface area contributed by atoms with Crippen LogP contribution in [-0.4, -0.2) is 19.2 Å². The van der Waals surface area contributed by atoms with E-state index in [9.17, 15) is 13.2 Å². The van der Waals surface area contributed by atoms with Gasteiger partial charge in [-0.1, -0.05) is 12.8 Å². The number of alkyl halides is 3. The number of benzene rings is 1. The Labute approximate surface area is 111 Å². The number of hydrogen-bond acceptors (Lipinski definition) is 2. The second-order valence-electron chi connectivity index (χ2n) is 4.81. The van der Waals surface area contributed by atoms with Crippen molar-refractivity contribution in [2.45, 2.75) is 37.9 Å². The molecule has 1 aliphatic carbocycles. The van der Waals surface area contributed by atoms with Crippen molar-refractivity contribution in [3.63, 3.8) is 0 Å². The van der Waals surface area contributed by atoms with E-state index in [0.717, 1.165) is 18.7 Å². The molecule has 1 fully saturated rings. The lowest BCUT2D eigenvalue weighted by Gasteiger charge is -2.13. The van der Waals surface area contributed by atoms with Crippen molar-refractivity contribution in [3.05, 3.63) is 29.8 Å². The van der Waals surface area contributed by atoms with Crippen molar-refractivity contribution >= 4 is 0 Å². The van der Waals surface area contributed by atoms with Crippen molar-refractivity contribution in [1.29, 1.82) is 0 Å². The summed E-state index contributed by atoms with van der Waals surface area (Å²) in [6.45, 7) is 1.20. The molecule has 0 radical (unpaired) electrons. The standard InChI is InChI=1S/C14H18F3NO/c15-14(16,17)11-5-7-13(8-6-11)19-10-9-18-12-3-1-2-4-12/h5-8,12,18H,1-4,9-10H2. The molecule has 0 bridgehead atoms. The van der Waals surface area contributed by atoms with Crippen LogP contribution in [0.5, 0.6) is 5.75 Å². The van der Waals surface area contributed by atoms with Gasteiger partial charge in [0.25, 0.3) is 0 Å². The van der Waals surface area contributed by atoms with Crippen LogP contribution in [-0.2, 0) is 6.18 Å². The Bertz CT molecular complexity index is 383. The number of ether oxygens (including phenoxy) is 1. The molecule has 0 saturated heterocycles. The van der Waals surface area contributed by atoms with Gasteiger partial charge < -0.3 is 10.1 Å². The third-order valence-electron chi connectivity index (χ3n) is 3.34. The predicted octanol–water partition coefficient (Wildman–Crippen LogP) is 3.62. The van der Waals surface area contributed by atoms with Crippen LogP contribution in [0.3, 0.4) is 0 Å². The first-order chi connectivity index (χ1) is 9.05. The van der Waals surface area contributed by atoms with Crippen LogP contribution in [0, 0.1) is 0 Å². The molecular formula is C14H18F3NO. The molecule has 0 heterocycles. The van der Waals surface area contributed by atoms with Gasteiger partial charge >= 0.3 is 6.18 Å². The molecule has 0 aliphatic heterocycles. The number of rotatable bonds is 5. The summed E-state index contributed by atoms with van der Waals surface area (Å²) in [6, 6.07) is 5.38. The van der Waals surface area contributed by atoms with Crippen LogP contribution in [0.25, 0.3) is 0 Å². The van der Waals surface area contributed by atoms with E-state index in [0.29, 0.717) is 18.4 Å². The van der Waals surface area contributed by atoms with Crippen molar-refractivity contribution < 1.29 is 17.9 Å². The fraction of sp³-hybridized carbons (Fsp3) is 0.571. The van der Waals surface area contributed by atoms with E-state index in [1.807, 2.05) is 0 Å². The molecule has 1 N–H and O–H groups in total. The minimum atomic E-state index is -4.29. The first-order valence-corrected chi connectivity index (χ1v) is 6.59. The van der Waals surface area contributed by atoms with Crippen LogP contribution in [0.2, 0.25) is 0 Å². The zero-order valence-corrected chi connectivity index (χ0v) is 10.7. The molecular weight excluding hydrogens is 255 g/mol. The zero-order chi connectivity index (χ0) is 13.7. The molecule has 0 spiro atoms. The lowest BCUT2D eigenvalue weighted by Crippen LogP contribution is -2.30. The maximum absolute atomic E-state index is 12.3. The number of nitrogens with one attached hydrogen (secondary N) is 1. The zero-order valence-electron chi connectivity index (χ0n) is 10.7. The summed E-state index contributed by atoms with van der Waals surface area (Å²) in [5.74, 6) is 0.473. The monoisotopic (exact) mass is 273 g/mol. The van der Waals surface area contributed by atoms with Gasteiger partial charge in [0.2, 0.25) is 0 Å². The first-order valence-electron chi connectivity index (χ1n) is 6.59. The van der Waals surface area contributed by atoms with E-state index in [4.69, 9.17) is 4.74 Å². The van der Waals surface area contributed by atoms with Crippen LogP contribution in [0.15, 0.2) is 24.3 Å². The SMILES string of the molecule is FC(F)(F)c1ccc(OCCNC2CCCC2)cc1. The fourth-order valence-corrected chi connectivity index (χ4v) is 2.30. The third-order valence-corrected chi connectivity index (χ3v) is 3.34. The molecule has 106 valence electrons. The average Bonchev–Trinajstić information content (AvgIpc) is 2.87. The number of halogens is 3. The van der Waals surface area contributed by atoms with Gasteiger partial charge in [0.05, 0.1) is 5.56 Å². The van der Waals surface area contributed by atoms with Crippen LogP contribution >= 0.6 is 0 Å². The van der Waals surface area contributed by atoms with Crippen molar-refractivity contribution in [3.8, 4) is 5.75 Å². The lowest BCUT2D eigenvalue weighted by molar-refractivity contribution is -0.137. The van der Waals surface area contributed by atoms with E-state index >= 15 is 0 Å². The molecule has 0 aromatic heterocycles. The Kier molecular flexibility index (Phi) is 4.69. The smallest absolute Gasteiger partial charge is 0.416 e. The number of hydrogen-bond donors (Lipinski definition) is 1. The van der Waals surface area contributed by atoms with E-state index in [2.05, 4.69) is 5.32 Å². The summed E-state index contributed by atoms with van der Waals surface area (Å²) in [5, 5.41) is 3.38. The van der Waals surface area contributed by atoms with Gasteiger partial charge in [0, 0.05) is 12.6 Å². The van der Waals surface area contributed by atoms with Crippen LogP contribution in [0.4, 0.5) is 13.2 Å². The second kappa shape index (κ2) is 6.28. The van der Waals surface area contributed by atoms with Crippen molar-refractivity contribution in [1.82, 2.24) is 5.32 Å².